The van der Waals surface area contributed by atoms with Crippen LogP contribution in [0.25, 0.3) is 11.8 Å². The number of nitro benzene ring substituents is 1. The lowest BCUT2D eigenvalue weighted by molar-refractivity contribution is -0.387. The van der Waals surface area contributed by atoms with E-state index in [0.717, 1.165) is 23.1 Å². The second-order valence-corrected chi connectivity index (χ2v) is 12.2. The predicted octanol–water partition coefficient (Wildman–Crippen LogP) is 4.51. The van der Waals surface area contributed by atoms with Crippen molar-refractivity contribution in [1.82, 2.24) is 14.5 Å². The first-order chi connectivity index (χ1) is 22.9. The van der Waals surface area contributed by atoms with Crippen molar-refractivity contribution >= 4 is 46.5 Å². The van der Waals surface area contributed by atoms with Crippen molar-refractivity contribution in [2.45, 2.75) is 23.0 Å². The lowest BCUT2D eigenvalue weighted by Gasteiger charge is -2.26. The van der Waals surface area contributed by atoms with Crippen LogP contribution in [0, 0.1) is 10.1 Å². The molecule has 0 spiro atoms. The largest absolute Gasteiger partial charge is 0.463 e. The molecule has 14 heteroatoms. The third-order valence-corrected chi connectivity index (χ3v) is 9.25. The summed E-state index contributed by atoms with van der Waals surface area (Å²) in [4.78, 5) is 53.3. The number of hydrogen-bond acceptors (Lipinski definition) is 12. The molecule has 0 saturated carbocycles. The Hall–Kier alpha value is -5.60. The van der Waals surface area contributed by atoms with Gasteiger partial charge in [0, 0.05) is 24.0 Å². The highest BCUT2D eigenvalue weighted by Gasteiger charge is 2.36. The van der Waals surface area contributed by atoms with Crippen LogP contribution >= 0.6 is 23.1 Å². The molecular formula is C33H23N5O7S2. The lowest BCUT2D eigenvalue weighted by Crippen LogP contribution is -2.40. The van der Waals surface area contributed by atoms with Gasteiger partial charge in [-0.05, 0) is 60.2 Å². The Kier molecular flexibility index (Phi) is 8.10. The number of benzene rings is 3. The van der Waals surface area contributed by atoms with Crippen LogP contribution in [0.4, 0.5) is 5.69 Å². The molecule has 0 fully saturated rings. The molecule has 0 N–H and O–H groups in total. The molecule has 1 atom stereocenters. The third-order valence-electron chi connectivity index (χ3n) is 7.31. The molecule has 0 bridgehead atoms. The van der Waals surface area contributed by atoms with E-state index in [2.05, 4.69) is 9.97 Å². The molecule has 2 aliphatic heterocycles. The van der Waals surface area contributed by atoms with Gasteiger partial charge in [-0.1, -0.05) is 53.8 Å². The zero-order chi connectivity index (χ0) is 32.5. The number of ether oxygens (including phenoxy) is 3. The van der Waals surface area contributed by atoms with Gasteiger partial charge in [0.25, 0.3) is 11.2 Å². The molecule has 0 unspecified atom stereocenters. The van der Waals surface area contributed by atoms with Crippen molar-refractivity contribution in [3.05, 3.63) is 137 Å². The monoisotopic (exact) mass is 665 g/mol. The first-order valence-electron chi connectivity index (χ1n) is 14.3. The van der Waals surface area contributed by atoms with E-state index in [4.69, 9.17) is 19.2 Å². The lowest BCUT2D eigenvalue weighted by atomic mass is 9.93. The van der Waals surface area contributed by atoms with Gasteiger partial charge in [-0.3, -0.25) is 19.5 Å². The van der Waals surface area contributed by atoms with Gasteiger partial charge in [-0.25, -0.2) is 19.8 Å². The van der Waals surface area contributed by atoms with Crippen molar-refractivity contribution in [2.24, 2.45) is 4.99 Å². The molecule has 2 aromatic heterocycles. The summed E-state index contributed by atoms with van der Waals surface area (Å²) in [6.45, 7) is 1.88. The van der Waals surface area contributed by atoms with Crippen LogP contribution in [0.3, 0.4) is 0 Å². The molecule has 3 aromatic carbocycles. The van der Waals surface area contributed by atoms with Crippen molar-refractivity contribution in [1.29, 1.82) is 0 Å². The van der Waals surface area contributed by atoms with E-state index in [1.165, 1.54) is 10.6 Å². The molecule has 0 amide bonds. The average Bonchev–Trinajstić information content (AvgIpc) is 3.69. The second kappa shape index (κ2) is 12.7. The summed E-state index contributed by atoms with van der Waals surface area (Å²) in [7, 11) is 0. The van der Waals surface area contributed by atoms with E-state index in [9.17, 15) is 19.7 Å². The maximum atomic E-state index is 14.2. The third kappa shape index (κ3) is 5.79. The van der Waals surface area contributed by atoms with Crippen molar-refractivity contribution in [3.63, 3.8) is 0 Å². The van der Waals surface area contributed by atoms with Crippen LogP contribution in [0.15, 0.2) is 111 Å². The highest BCUT2D eigenvalue weighted by Crippen LogP contribution is 2.40. The number of esters is 1. The van der Waals surface area contributed by atoms with Crippen LogP contribution < -0.4 is 24.4 Å². The topological polar surface area (TPSA) is 148 Å². The van der Waals surface area contributed by atoms with E-state index in [1.807, 2.05) is 30.3 Å². The summed E-state index contributed by atoms with van der Waals surface area (Å²) in [6.07, 6.45) is 4.70. The fourth-order valence-corrected chi connectivity index (χ4v) is 7.08. The van der Waals surface area contributed by atoms with Gasteiger partial charge in [0.2, 0.25) is 6.79 Å². The molecule has 47 heavy (non-hydrogen) atoms. The Morgan fingerprint density at radius 1 is 1.09 bits per heavy atom. The molecule has 7 rings (SSSR count). The van der Waals surface area contributed by atoms with Gasteiger partial charge >= 0.3 is 5.97 Å². The number of carbonyl (C=O) groups is 1. The second-order valence-electron chi connectivity index (χ2n) is 10.2. The standard InChI is InChI=1S/C33H23N5O7S2/c1-2-43-31(40)27-28(20-7-4-3-5-8-20)36-33-37(29(27)21-10-11-23-24(17-21)45-18-44-23)30(39)26(47-33)16-19-9-12-25(22(15-19)38(41)42)46-32-34-13-6-14-35-32/h3-17,29H,2,18H2,1H3/b26-16+/t29-/m1/s1. The van der Waals surface area contributed by atoms with Crippen LogP contribution in [0.1, 0.15) is 29.7 Å². The van der Waals surface area contributed by atoms with Crippen molar-refractivity contribution in [3.8, 4) is 11.5 Å². The number of nitrogens with zero attached hydrogens (tertiary/aromatic N) is 5. The Morgan fingerprint density at radius 2 is 1.87 bits per heavy atom. The zero-order valence-corrected chi connectivity index (χ0v) is 26.2. The Bertz CT molecular complexity index is 2250. The molecule has 4 heterocycles. The maximum Gasteiger partial charge on any atom is 0.338 e. The predicted molar refractivity (Wildman–Crippen MR) is 173 cm³/mol. The number of hydrogen-bond donors (Lipinski definition) is 0. The van der Waals surface area contributed by atoms with Gasteiger partial charge in [0.1, 0.15) is 0 Å². The van der Waals surface area contributed by atoms with Crippen LogP contribution in [0.5, 0.6) is 11.5 Å². The van der Waals surface area contributed by atoms with Crippen LogP contribution in [0.2, 0.25) is 0 Å². The molecule has 0 aliphatic carbocycles. The number of nitro groups is 1. The SMILES string of the molecule is CCOC(=O)C1=C(c2ccccc2)N=c2s/c(=C/c3ccc(Sc4ncccn4)c([N+](=O)[O-])c3)c(=O)n2[C@@H]1c1ccc2c(c1)OCO2. The summed E-state index contributed by atoms with van der Waals surface area (Å²) in [6, 6.07) is 19.9. The number of carbonyl (C=O) groups excluding carboxylic acids is 1. The first-order valence-corrected chi connectivity index (χ1v) is 16.0. The number of aromatic nitrogens is 3. The van der Waals surface area contributed by atoms with Crippen LogP contribution in [-0.4, -0.2) is 38.8 Å². The summed E-state index contributed by atoms with van der Waals surface area (Å²) in [5, 5.41) is 12.4. The Balaban J connectivity index is 1.41. The fraction of sp³-hybridized carbons (Fsp3) is 0.121. The Morgan fingerprint density at radius 3 is 2.64 bits per heavy atom. The van der Waals surface area contributed by atoms with E-state index in [1.54, 1.807) is 61.8 Å². The van der Waals surface area contributed by atoms with E-state index in [0.29, 0.717) is 48.7 Å². The summed E-state index contributed by atoms with van der Waals surface area (Å²) in [5.74, 6) is 0.420. The molecule has 5 aromatic rings. The minimum absolute atomic E-state index is 0.0548. The number of rotatable bonds is 8. The van der Waals surface area contributed by atoms with Gasteiger partial charge in [0.05, 0.1) is 38.3 Å². The summed E-state index contributed by atoms with van der Waals surface area (Å²) >= 11 is 2.19. The zero-order valence-electron chi connectivity index (χ0n) is 24.6. The van der Waals surface area contributed by atoms with E-state index < -0.39 is 22.5 Å². The van der Waals surface area contributed by atoms with Crippen molar-refractivity contribution < 1.29 is 23.9 Å². The number of fused-ring (bicyclic) bond motifs is 2. The minimum Gasteiger partial charge on any atom is -0.463 e. The quantitative estimate of drug-likeness (QED) is 0.100. The first kappa shape index (κ1) is 30.1. The maximum absolute atomic E-state index is 14.2. The van der Waals surface area contributed by atoms with Crippen molar-refractivity contribution in [2.75, 3.05) is 13.4 Å². The molecular weight excluding hydrogens is 643 g/mol. The average molecular weight is 666 g/mol. The van der Waals surface area contributed by atoms with Gasteiger partial charge in [0.15, 0.2) is 21.5 Å². The molecule has 234 valence electrons. The fourth-order valence-electron chi connectivity index (χ4n) is 5.28. The Labute approximate surface area is 274 Å². The highest BCUT2D eigenvalue weighted by atomic mass is 32.2. The molecule has 0 saturated heterocycles. The van der Waals surface area contributed by atoms with E-state index in [-0.39, 0.29) is 29.2 Å². The molecule has 2 aliphatic rings. The normalized spacial score (nSPS) is 15.3. The van der Waals surface area contributed by atoms with Gasteiger partial charge in [-0.15, -0.1) is 0 Å². The van der Waals surface area contributed by atoms with Crippen LogP contribution in [-0.2, 0) is 9.53 Å². The minimum atomic E-state index is -0.920. The smallest absolute Gasteiger partial charge is 0.338 e. The van der Waals surface area contributed by atoms with Gasteiger partial charge < -0.3 is 14.2 Å². The number of thiazole rings is 1. The van der Waals surface area contributed by atoms with Gasteiger partial charge in [-0.2, -0.15) is 0 Å². The highest BCUT2D eigenvalue weighted by molar-refractivity contribution is 7.99. The van der Waals surface area contributed by atoms with E-state index >= 15 is 0 Å². The summed E-state index contributed by atoms with van der Waals surface area (Å²) in [5.41, 5.74) is 1.68. The summed E-state index contributed by atoms with van der Waals surface area (Å²) < 4.78 is 18.4. The molecule has 0 radical (unpaired) electrons. The molecule has 12 nitrogen and oxygen atoms in total.